The summed E-state index contributed by atoms with van der Waals surface area (Å²) < 4.78 is 17.9. The predicted molar refractivity (Wildman–Crippen MR) is 187 cm³/mol. The molecule has 0 aromatic heterocycles. The van der Waals surface area contributed by atoms with Crippen LogP contribution in [0.4, 0.5) is 16.2 Å². The van der Waals surface area contributed by atoms with Crippen LogP contribution in [0.3, 0.4) is 0 Å². The highest BCUT2D eigenvalue weighted by atomic mass is 16.5. The number of nitrogens with one attached hydrogen (secondary N) is 2. The summed E-state index contributed by atoms with van der Waals surface area (Å²) in [7, 11) is 3.43. The van der Waals surface area contributed by atoms with Crippen molar-refractivity contribution < 1.29 is 33.7 Å². The van der Waals surface area contributed by atoms with Gasteiger partial charge in [-0.25, -0.2) is 4.79 Å². The Bertz CT molecular complexity index is 1350. The van der Waals surface area contributed by atoms with Crippen LogP contribution in [0.1, 0.15) is 82.5 Å². The average Bonchev–Trinajstić information content (AvgIpc) is 3.09. The maximum Gasteiger partial charge on any atom is 0.323 e. The Kier molecular flexibility index (Phi) is 13.9. The van der Waals surface area contributed by atoms with Crippen LogP contribution < -0.4 is 20.1 Å². The highest BCUT2D eigenvalue weighted by Gasteiger charge is 2.32. The molecule has 48 heavy (non-hydrogen) atoms. The zero-order chi connectivity index (χ0) is 34.6. The van der Waals surface area contributed by atoms with Gasteiger partial charge in [-0.05, 0) is 88.4 Å². The zero-order valence-corrected chi connectivity index (χ0v) is 29.2. The van der Waals surface area contributed by atoms with Gasteiger partial charge in [0.2, 0.25) is 5.91 Å². The van der Waals surface area contributed by atoms with Crippen LogP contribution in [0.15, 0.2) is 42.5 Å². The number of urea groups is 1. The Morgan fingerprint density at radius 2 is 1.67 bits per heavy atom. The smallest absolute Gasteiger partial charge is 0.323 e. The molecule has 0 spiro atoms. The van der Waals surface area contributed by atoms with E-state index in [1.165, 1.54) is 6.42 Å². The van der Waals surface area contributed by atoms with Crippen LogP contribution in [0.2, 0.25) is 0 Å². The molecule has 11 nitrogen and oxygen atoms in total. The Balaban J connectivity index is 1.57. The lowest BCUT2D eigenvalue weighted by Gasteiger charge is -2.36. The van der Waals surface area contributed by atoms with Gasteiger partial charge in [0.1, 0.15) is 11.5 Å². The van der Waals surface area contributed by atoms with Crippen molar-refractivity contribution >= 4 is 29.2 Å². The third-order valence-corrected chi connectivity index (χ3v) is 9.44. The molecule has 4 atom stereocenters. The second-order valence-corrected chi connectivity index (χ2v) is 13.4. The minimum absolute atomic E-state index is 0.0594. The molecule has 1 saturated carbocycles. The summed E-state index contributed by atoms with van der Waals surface area (Å²) in [6, 6.07) is 11.0. The number of hydrogen-bond acceptors (Lipinski definition) is 7. The largest absolute Gasteiger partial charge is 0.497 e. The number of nitrogens with zero attached hydrogens (tertiary/aromatic N) is 2. The summed E-state index contributed by atoms with van der Waals surface area (Å²) in [4.78, 5) is 44.1. The molecule has 0 radical (unpaired) electrons. The third kappa shape index (κ3) is 10.3. The number of anilines is 2. The van der Waals surface area contributed by atoms with E-state index in [-0.39, 0.29) is 48.0 Å². The summed E-state index contributed by atoms with van der Waals surface area (Å²) in [5.41, 5.74) is 1.29. The van der Waals surface area contributed by atoms with E-state index in [1.54, 1.807) is 61.4 Å². The first-order chi connectivity index (χ1) is 23.1. The Hall–Kier alpha value is -3.83. The normalized spacial score (nSPS) is 22.0. The molecule has 264 valence electrons. The number of amides is 4. The van der Waals surface area contributed by atoms with E-state index < -0.39 is 12.1 Å². The number of carbonyl (C=O) groups is 3. The Morgan fingerprint density at radius 3 is 2.35 bits per heavy atom. The summed E-state index contributed by atoms with van der Waals surface area (Å²) in [5.74, 6) is 0.842. The molecule has 1 heterocycles. The summed E-state index contributed by atoms with van der Waals surface area (Å²) in [6.45, 7) is 6.83. The fraction of sp³-hybridized carbons (Fsp3) is 0.595. The monoisotopic (exact) mass is 666 g/mol. The summed E-state index contributed by atoms with van der Waals surface area (Å²) in [6.07, 6.45) is 7.23. The predicted octanol–water partition coefficient (Wildman–Crippen LogP) is 6.17. The number of hydrogen-bond donors (Lipinski definition) is 3. The molecule has 1 aliphatic carbocycles. The number of carbonyl (C=O) groups excluding carboxylic acids is 3. The second kappa shape index (κ2) is 18.1. The first-order valence-electron chi connectivity index (χ1n) is 17.4. The summed E-state index contributed by atoms with van der Waals surface area (Å²) in [5, 5.41) is 15.9. The van der Waals surface area contributed by atoms with E-state index in [1.807, 2.05) is 25.8 Å². The van der Waals surface area contributed by atoms with E-state index in [4.69, 9.17) is 14.2 Å². The number of rotatable bonds is 8. The van der Waals surface area contributed by atoms with Gasteiger partial charge in [0.05, 0.1) is 37.5 Å². The van der Waals surface area contributed by atoms with Crippen molar-refractivity contribution in [2.75, 3.05) is 51.1 Å². The maximum atomic E-state index is 14.4. The number of aliphatic hydroxyl groups is 1. The minimum atomic E-state index is -0.504. The molecule has 3 N–H and O–H groups in total. The highest BCUT2D eigenvalue weighted by molar-refractivity contribution is 6.02. The van der Waals surface area contributed by atoms with Gasteiger partial charge in [0, 0.05) is 50.0 Å². The molecule has 2 aliphatic rings. The van der Waals surface area contributed by atoms with Crippen LogP contribution in [0.5, 0.6) is 11.5 Å². The number of ether oxygens (including phenoxy) is 3. The van der Waals surface area contributed by atoms with Gasteiger partial charge in [-0.3, -0.25) is 9.59 Å². The third-order valence-electron chi connectivity index (χ3n) is 9.44. The first-order valence-corrected chi connectivity index (χ1v) is 17.4. The number of methoxy groups -OCH3 is 1. The molecule has 4 rings (SSSR count). The molecule has 1 fully saturated rings. The molecule has 0 bridgehead atoms. The van der Waals surface area contributed by atoms with Crippen LogP contribution >= 0.6 is 0 Å². The number of fused-ring (bicyclic) bond motifs is 1. The van der Waals surface area contributed by atoms with Gasteiger partial charge < -0.3 is 39.8 Å². The van der Waals surface area contributed by atoms with Crippen molar-refractivity contribution in [2.45, 2.75) is 90.4 Å². The van der Waals surface area contributed by atoms with Crippen LogP contribution in [0.25, 0.3) is 0 Å². The van der Waals surface area contributed by atoms with Crippen molar-refractivity contribution in [1.29, 1.82) is 0 Å². The Morgan fingerprint density at radius 1 is 1.00 bits per heavy atom. The standard InChI is InChI=1S/C37H54N4O7/c1-25-22-41(26(2)24-42)36(44)32-21-30(39-37(45)38-29-14-17-31(46-5)18-15-29)16-19-33(32)48-27(3)11-9-10-20-47-34(25)23-40(4)35(43)28-12-7-6-8-13-28/h14-19,21,25-28,34,42H,6-13,20,22-24H2,1-5H3,(H2,38,39,45)/t25-,26+,27+,34+/m1/s1. The van der Waals surface area contributed by atoms with E-state index in [2.05, 4.69) is 10.6 Å². The van der Waals surface area contributed by atoms with E-state index in [0.717, 1.165) is 44.9 Å². The van der Waals surface area contributed by atoms with Gasteiger partial charge >= 0.3 is 6.03 Å². The zero-order valence-electron chi connectivity index (χ0n) is 29.2. The molecule has 1 aliphatic heterocycles. The quantitative estimate of drug-likeness (QED) is 0.307. The topological polar surface area (TPSA) is 130 Å². The number of aliphatic hydroxyl groups excluding tert-OH is 1. The fourth-order valence-corrected chi connectivity index (χ4v) is 6.45. The average molecular weight is 667 g/mol. The van der Waals surface area contributed by atoms with Crippen LogP contribution in [0, 0.1) is 11.8 Å². The molecule has 11 heteroatoms. The van der Waals surface area contributed by atoms with Gasteiger partial charge in [-0.1, -0.05) is 26.2 Å². The highest BCUT2D eigenvalue weighted by Crippen LogP contribution is 2.29. The van der Waals surface area contributed by atoms with Crippen molar-refractivity contribution in [3.63, 3.8) is 0 Å². The van der Waals surface area contributed by atoms with Crippen LogP contribution in [-0.4, -0.2) is 91.5 Å². The van der Waals surface area contributed by atoms with Crippen molar-refractivity contribution in [1.82, 2.24) is 9.80 Å². The molecule has 4 amide bonds. The van der Waals surface area contributed by atoms with Gasteiger partial charge in [0.25, 0.3) is 5.91 Å². The molecule has 0 saturated heterocycles. The van der Waals surface area contributed by atoms with Crippen LogP contribution in [-0.2, 0) is 9.53 Å². The molecule has 0 unspecified atom stereocenters. The minimum Gasteiger partial charge on any atom is -0.497 e. The first kappa shape index (κ1) is 37.0. The maximum absolute atomic E-state index is 14.4. The second-order valence-electron chi connectivity index (χ2n) is 13.4. The van der Waals surface area contributed by atoms with Crippen molar-refractivity contribution in [3.05, 3.63) is 48.0 Å². The van der Waals surface area contributed by atoms with Crippen molar-refractivity contribution in [3.8, 4) is 11.5 Å². The lowest BCUT2D eigenvalue weighted by atomic mass is 9.88. The van der Waals surface area contributed by atoms with Gasteiger partial charge in [-0.15, -0.1) is 0 Å². The van der Waals surface area contributed by atoms with E-state index in [0.29, 0.717) is 42.6 Å². The van der Waals surface area contributed by atoms with Gasteiger partial charge in [-0.2, -0.15) is 0 Å². The SMILES string of the molecule is COc1ccc(NC(=O)Nc2ccc3c(c2)C(=O)N([C@@H](C)CO)C[C@@H](C)[C@H](CN(C)C(=O)C2CCCCC2)OCCCC[C@H](C)O3)cc1. The van der Waals surface area contributed by atoms with E-state index in [9.17, 15) is 19.5 Å². The molecular formula is C37H54N4O7. The molecule has 2 aromatic carbocycles. The molecule has 2 aromatic rings. The molecular weight excluding hydrogens is 612 g/mol. The summed E-state index contributed by atoms with van der Waals surface area (Å²) >= 11 is 0. The lowest BCUT2D eigenvalue weighted by molar-refractivity contribution is -0.137. The number of likely N-dealkylation sites (N-methyl/N-ethyl adjacent to an activating group) is 1. The number of benzene rings is 2. The lowest BCUT2D eigenvalue weighted by Crippen LogP contribution is -2.48. The Labute approximate surface area is 285 Å². The fourth-order valence-electron chi connectivity index (χ4n) is 6.45. The van der Waals surface area contributed by atoms with Gasteiger partial charge in [0.15, 0.2) is 0 Å². The van der Waals surface area contributed by atoms with E-state index >= 15 is 0 Å². The van der Waals surface area contributed by atoms with Crippen molar-refractivity contribution in [2.24, 2.45) is 11.8 Å².